The normalized spacial score (nSPS) is 14.5. The van der Waals surface area contributed by atoms with E-state index in [4.69, 9.17) is 9.16 Å². The van der Waals surface area contributed by atoms with Gasteiger partial charge in [0.15, 0.2) is 14.4 Å². The van der Waals surface area contributed by atoms with Gasteiger partial charge in [-0.3, -0.25) is 0 Å². The molecular weight excluding hydrogens is 338 g/mol. The van der Waals surface area contributed by atoms with Gasteiger partial charge in [-0.05, 0) is 52.4 Å². The summed E-state index contributed by atoms with van der Waals surface area (Å²) < 4.78 is 11.1. The Morgan fingerprint density at radius 1 is 1.16 bits per heavy atom. The number of nitrogens with one attached hydrogen (secondary N) is 1. The summed E-state index contributed by atoms with van der Waals surface area (Å²) in [5.41, 5.74) is 0.244. The zero-order valence-electron chi connectivity index (χ0n) is 15.8. The van der Waals surface area contributed by atoms with E-state index in [-0.39, 0.29) is 0 Å². The Bertz CT molecular complexity index is 577. The smallest absolute Gasteiger partial charge is 0.407 e. The van der Waals surface area contributed by atoms with Crippen LogP contribution in [0.15, 0.2) is 30.3 Å². The van der Waals surface area contributed by atoms with Gasteiger partial charge in [-0.2, -0.15) is 0 Å². The summed E-state index contributed by atoms with van der Waals surface area (Å²) in [5, 5.41) is 12.3. The van der Waals surface area contributed by atoms with E-state index in [0.717, 1.165) is 5.56 Å². The lowest BCUT2D eigenvalue weighted by Crippen LogP contribution is -2.53. The van der Waals surface area contributed by atoms with Gasteiger partial charge in [0.05, 0.1) is 6.04 Å². The Morgan fingerprint density at radius 2 is 1.72 bits per heavy atom. The molecule has 0 aliphatic rings. The first kappa shape index (κ1) is 21.2. The van der Waals surface area contributed by atoms with Gasteiger partial charge in [0, 0.05) is 0 Å². The Hall–Kier alpha value is -1.86. The van der Waals surface area contributed by atoms with Crippen molar-refractivity contribution in [1.82, 2.24) is 5.32 Å². The molecule has 0 spiro atoms. The van der Waals surface area contributed by atoms with Crippen molar-refractivity contribution >= 4 is 20.4 Å². The van der Waals surface area contributed by atoms with Gasteiger partial charge >= 0.3 is 12.1 Å². The molecule has 0 saturated carbocycles. The summed E-state index contributed by atoms with van der Waals surface area (Å²) in [4.78, 5) is 24.0. The number of carboxylic acids is 1. The zero-order chi connectivity index (χ0) is 19.3. The van der Waals surface area contributed by atoms with Crippen molar-refractivity contribution in [2.75, 3.05) is 0 Å². The zero-order valence-corrected chi connectivity index (χ0v) is 16.8. The first-order valence-corrected chi connectivity index (χ1v) is 11.7. The maximum atomic E-state index is 12.2. The summed E-state index contributed by atoms with van der Waals surface area (Å²) >= 11 is 0. The molecule has 2 unspecified atom stereocenters. The molecule has 25 heavy (non-hydrogen) atoms. The largest absolute Gasteiger partial charge is 0.479 e. The molecule has 0 saturated heterocycles. The molecule has 140 valence electrons. The molecule has 0 radical (unpaired) electrons. The monoisotopic (exact) mass is 367 g/mol. The van der Waals surface area contributed by atoms with E-state index in [2.05, 4.69) is 5.32 Å². The molecule has 0 aliphatic carbocycles. The molecule has 1 aromatic carbocycles. The molecule has 6 nitrogen and oxygen atoms in total. The summed E-state index contributed by atoms with van der Waals surface area (Å²) in [5.74, 6) is -1.10. The van der Waals surface area contributed by atoms with Crippen LogP contribution >= 0.6 is 0 Å². The van der Waals surface area contributed by atoms with Crippen molar-refractivity contribution in [2.24, 2.45) is 0 Å². The van der Waals surface area contributed by atoms with E-state index in [9.17, 15) is 14.7 Å². The lowest BCUT2D eigenvalue weighted by atomic mass is 10.0. The number of carboxylic acid groups (broad SMARTS) is 1. The minimum absolute atomic E-state index is 0.335. The highest BCUT2D eigenvalue weighted by atomic mass is 28.4. The Labute approximate surface area is 150 Å². The fourth-order valence-corrected chi connectivity index (χ4v) is 3.27. The van der Waals surface area contributed by atoms with E-state index in [1.807, 2.05) is 50.0 Å². The summed E-state index contributed by atoms with van der Waals surface area (Å²) in [6, 6.07) is 8.66. The SMILES string of the molecule is CC(C)(C)OC(=O)NC(Cc1ccccc1)C(O[Si](C)(C)C)C(=O)O. The van der Waals surface area contributed by atoms with Crippen molar-refractivity contribution < 1.29 is 23.9 Å². The first-order chi connectivity index (χ1) is 11.4. The highest BCUT2D eigenvalue weighted by Crippen LogP contribution is 2.16. The van der Waals surface area contributed by atoms with Crippen LogP contribution in [0, 0.1) is 0 Å². The van der Waals surface area contributed by atoms with Crippen molar-refractivity contribution in [2.45, 2.75) is 64.6 Å². The summed E-state index contributed by atoms with van der Waals surface area (Å²) in [7, 11) is -2.13. The van der Waals surface area contributed by atoms with E-state index >= 15 is 0 Å². The van der Waals surface area contributed by atoms with Crippen LogP contribution in [0.4, 0.5) is 4.79 Å². The molecule has 0 heterocycles. The van der Waals surface area contributed by atoms with Gasteiger partial charge < -0.3 is 19.6 Å². The van der Waals surface area contributed by atoms with Crippen molar-refractivity contribution in [3.63, 3.8) is 0 Å². The minimum Gasteiger partial charge on any atom is -0.479 e. The second-order valence-electron chi connectivity index (χ2n) is 7.93. The average Bonchev–Trinajstić information content (AvgIpc) is 2.42. The van der Waals surface area contributed by atoms with Gasteiger partial charge in [0.2, 0.25) is 0 Å². The van der Waals surface area contributed by atoms with Crippen LogP contribution in [0.3, 0.4) is 0 Å². The van der Waals surface area contributed by atoms with E-state index < -0.39 is 38.1 Å². The van der Waals surface area contributed by atoms with Crippen LogP contribution in [0.25, 0.3) is 0 Å². The number of rotatable bonds is 7. The predicted molar refractivity (Wildman–Crippen MR) is 99.2 cm³/mol. The Balaban J connectivity index is 3.03. The number of hydrogen-bond donors (Lipinski definition) is 2. The minimum atomic E-state index is -2.13. The van der Waals surface area contributed by atoms with Gasteiger partial charge in [0.25, 0.3) is 0 Å². The lowest BCUT2D eigenvalue weighted by molar-refractivity contribution is -0.146. The first-order valence-electron chi connectivity index (χ1n) is 8.31. The number of carbonyl (C=O) groups excluding carboxylic acids is 1. The number of ether oxygens (including phenoxy) is 1. The number of hydrogen-bond acceptors (Lipinski definition) is 4. The van der Waals surface area contributed by atoms with Gasteiger partial charge in [-0.1, -0.05) is 30.3 Å². The number of aliphatic carboxylic acids is 1. The highest BCUT2D eigenvalue weighted by Gasteiger charge is 2.35. The average molecular weight is 368 g/mol. The molecule has 7 heteroatoms. The predicted octanol–water partition coefficient (Wildman–Crippen LogP) is 3.43. The number of alkyl carbamates (subject to hydrolysis) is 1. The highest BCUT2D eigenvalue weighted by molar-refractivity contribution is 6.69. The number of benzene rings is 1. The van der Waals surface area contributed by atoms with E-state index in [1.54, 1.807) is 20.8 Å². The molecule has 0 fully saturated rings. The molecule has 0 bridgehead atoms. The molecule has 1 amide bonds. The van der Waals surface area contributed by atoms with Crippen molar-refractivity contribution in [3.8, 4) is 0 Å². The molecule has 2 N–H and O–H groups in total. The van der Waals surface area contributed by atoms with Gasteiger partial charge in [-0.15, -0.1) is 0 Å². The van der Waals surface area contributed by atoms with E-state index in [0.29, 0.717) is 6.42 Å². The van der Waals surface area contributed by atoms with Crippen LogP contribution in [-0.4, -0.2) is 43.2 Å². The van der Waals surface area contributed by atoms with Crippen LogP contribution in [0.1, 0.15) is 26.3 Å². The standard InChI is InChI=1S/C18H29NO5Si/c1-18(2,3)23-17(22)19-14(12-13-10-8-7-9-11-13)15(16(20)21)24-25(4,5)6/h7-11,14-15H,12H2,1-6H3,(H,19,22)(H,20,21). The molecule has 2 atom stereocenters. The summed E-state index contributed by atoms with van der Waals surface area (Å²) in [6.45, 7) is 11.0. The van der Waals surface area contributed by atoms with Gasteiger partial charge in [-0.25, -0.2) is 9.59 Å². The summed E-state index contributed by atoms with van der Waals surface area (Å²) in [6.07, 6.45) is -1.46. The molecular formula is C18H29NO5Si. The molecule has 1 rings (SSSR count). The van der Waals surface area contributed by atoms with Crippen molar-refractivity contribution in [3.05, 3.63) is 35.9 Å². The van der Waals surface area contributed by atoms with E-state index in [1.165, 1.54) is 0 Å². The second kappa shape index (κ2) is 8.49. The number of carbonyl (C=O) groups is 2. The third-order valence-corrected chi connectivity index (χ3v) is 4.05. The molecule has 1 aromatic rings. The van der Waals surface area contributed by atoms with Crippen LogP contribution in [0.5, 0.6) is 0 Å². The van der Waals surface area contributed by atoms with Crippen LogP contribution in [-0.2, 0) is 20.4 Å². The third-order valence-electron chi connectivity index (χ3n) is 3.09. The number of amides is 1. The lowest BCUT2D eigenvalue weighted by Gasteiger charge is -2.31. The van der Waals surface area contributed by atoms with Crippen LogP contribution in [0.2, 0.25) is 19.6 Å². The molecule has 0 aliphatic heterocycles. The topological polar surface area (TPSA) is 84.9 Å². The van der Waals surface area contributed by atoms with Crippen molar-refractivity contribution in [1.29, 1.82) is 0 Å². The van der Waals surface area contributed by atoms with Gasteiger partial charge in [0.1, 0.15) is 5.60 Å². The van der Waals surface area contributed by atoms with Crippen LogP contribution < -0.4 is 5.32 Å². The quantitative estimate of drug-likeness (QED) is 0.721. The maximum absolute atomic E-state index is 12.2. The maximum Gasteiger partial charge on any atom is 0.407 e. The Kier molecular flexibility index (Phi) is 7.19. The third kappa shape index (κ3) is 8.69. The second-order valence-corrected chi connectivity index (χ2v) is 12.4. The fourth-order valence-electron chi connectivity index (χ4n) is 2.25. The fraction of sp³-hybridized carbons (Fsp3) is 0.556. The Morgan fingerprint density at radius 3 is 2.16 bits per heavy atom. The molecule has 0 aromatic heterocycles.